The molecule has 138 valence electrons. The minimum absolute atomic E-state index is 0.108. The molecule has 0 radical (unpaired) electrons. The highest BCUT2D eigenvalue weighted by molar-refractivity contribution is 6.01. The molecule has 4 heteroatoms. The highest BCUT2D eigenvalue weighted by atomic mass is 16.2. The number of nitrogens with two attached hydrogens (primary N) is 1. The highest BCUT2D eigenvalue weighted by Gasteiger charge is 2.30. The molecule has 0 heterocycles. The number of amides is 2. The van der Waals surface area contributed by atoms with Crippen LogP contribution in [-0.4, -0.2) is 11.8 Å². The average Bonchev–Trinajstić information content (AvgIpc) is 3.43. The molecule has 1 saturated carbocycles. The fourth-order valence-corrected chi connectivity index (χ4v) is 3.97. The first-order valence-corrected chi connectivity index (χ1v) is 9.41. The lowest BCUT2D eigenvalue weighted by molar-refractivity contribution is -0.117. The molecule has 2 aromatic rings. The number of rotatable bonds is 4. The second-order valence-corrected chi connectivity index (χ2v) is 7.70. The van der Waals surface area contributed by atoms with E-state index >= 15 is 0 Å². The van der Waals surface area contributed by atoms with Crippen molar-refractivity contribution in [1.82, 2.24) is 0 Å². The number of carbonyl (C=O) groups excluding carboxylic acids is 2. The molecule has 2 amide bonds. The lowest BCUT2D eigenvalue weighted by atomic mass is 9.88. The van der Waals surface area contributed by atoms with Gasteiger partial charge >= 0.3 is 0 Å². The van der Waals surface area contributed by atoms with Crippen LogP contribution in [-0.2, 0) is 11.2 Å². The molecule has 0 bridgehead atoms. The van der Waals surface area contributed by atoms with Crippen molar-refractivity contribution in [3.05, 3.63) is 58.2 Å². The van der Waals surface area contributed by atoms with Crippen LogP contribution in [0.1, 0.15) is 53.7 Å². The van der Waals surface area contributed by atoms with Gasteiger partial charge in [0.2, 0.25) is 11.8 Å². The standard InChI is InChI=1S/C23H24N2O2/c1-12-11-19-18(22(24)26)10-9-17(21(19)13(12)2)16-5-4-6-20(14(16)3)25-23(27)15-7-8-15/h4-6,9-10,15H,7-8,11H2,1-3H3,(H2,24,26)(H,25,27). The van der Waals surface area contributed by atoms with Crippen LogP contribution in [0, 0.1) is 12.8 Å². The Morgan fingerprint density at radius 2 is 1.78 bits per heavy atom. The summed E-state index contributed by atoms with van der Waals surface area (Å²) in [5.74, 6) is -0.112. The summed E-state index contributed by atoms with van der Waals surface area (Å²) in [5.41, 5.74) is 14.8. The van der Waals surface area contributed by atoms with Crippen molar-refractivity contribution in [3.63, 3.8) is 0 Å². The van der Waals surface area contributed by atoms with Gasteiger partial charge in [-0.1, -0.05) is 23.8 Å². The van der Waals surface area contributed by atoms with Gasteiger partial charge < -0.3 is 11.1 Å². The molecule has 4 rings (SSSR count). The molecule has 0 saturated heterocycles. The third-order valence-corrected chi connectivity index (χ3v) is 5.87. The Kier molecular flexibility index (Phi) is 4.14. The lowest BCUT2D eigenvalue weighted by Gasteiger charge is -2.17. The quantitative estimate of drug-likeness (QED) is 0.845. The van der Waals surface area contributed by atoms with Gasteiger partial charge in [-0.2, -0.15) is 0 Å². The summed E-state index contributed by atoms with van der Waals surface area (Å²) in [6.45, 7) is 6.24. The number of carbonyl (C=O) groups is 2. The molecule has 4 nitrogen and oxygen atoms in total. The second-order valence-electron chi connectivity index (χ2n) is 7.70. The summed E-state index contributed by atoms with van der Waals surface area (Å²) in [6, 6.07) is 9.81. The van der Waals surface area contributed by atoms with E-state index in [4.69, 9.17) is 5.73 Å². The van der Waals surface area contributed by atoms with Crippen LogP contribution in [0.5, 0.6) is 0 Å². The zero-order chi connectivity index (χ0) is 19.3. The van der Waals surface area contributed by atoms with Crippen molar-refractivity contribution < 1.29 is 9.59 Å². The van der Waals surface area contributed by atoms with Crippen molar-refractivity contribution in [3.8, 4) is 11.1 Å². The van der Waals surface area contributed by atoms with Gasteiger partial charge in [0, 0.05) is 17.2 Å². The smallest absolute Gasteiger partial charge is 0.249 e. The third kappa shape index (κ3) is 2.95. The normalized spacial score (nSPS) is 15.7. The number of nitrogens with one attached hydrogen (secondary N) is 1. The molecular formula is C23H24N2O2. The maximum Gasteiger partial charge on any atom is 0.249 e. The van der Waals surface area contributed by atoms with Gasteiger partial charge in [-0.25, -0.2) is 0 Å². The molecule has 0 atom stereocenters. The van der Waals surface area contributed by atoms with Gasteiger partial charge in [-0.05, 0) is 85.6 Å². The zero-order valence-corrected chi connectivity index (χ0v) is 16.0. The SMILES string of the molecule is CC1=C(C)c2c(-c3cccc(NC(=O)C4CC4)c3C)ccc(C(N)=O)c2C1. The van der Waals surface area contributed by atoms with Gasteiger partial charge in [0.05, 0.1) is 0 Å². The summed E-state index contributed by atoms with van der Waals surface area (Å²) >= 11 is 0. The van der Waals surface area contributed by atoms with Crippen LogP contribution in [0.4, 0.5) is 5.69 Å². The molecule has 0 unspecified atom stereocenters. The van der Waals surface area contributed by atoms with Crippen LogP contribution in [0.15, 0.2) is 35.9 Å². The molecule has 2 aromatic carbocycles. The van der Waals surface area contributed by atoms with Crippen LogP contribution >= 0.6 is 0 Å². The number of allylic oxidation sites excluding steroid dienone is 2. The molecule has 0 aromatic heterocycles. The lowest BCUT2D eigenvalue weighted by Crippen LogP contribution is -2.15. The van der Waals surface area contributed by atoms with Crippen molar-refractivity contribution in [2.45, 2.75) is 40.0 Å². The summed E-state index contributed by atoms with van der Waals surface area (Å²) in [5, 5.41) is 3.07. The summed E-state index contributed by atoms with van der Waals surface area (Å²) in [4.78, 5) is 24.1. The van der Waals surface area contributed by atoms with Crippen LogP contribution in [0.3, 0.4) is 0 Å². The van der Waals surface area contributed by atoms with Crippen LogP contribution < -0.4 is 11.1 Å². The molecule has 0 spiro atoms. The van der Waals surface area contributed by atoms with Gasteiger partial charge in [-0.15, -0.1) is 0 Å². The number of hydrogen-bond donors (Lipinski definition) is 2. The predicted molar refractivity (Wildman–Crippen MR) is 108 cm³/mol. The van der Waals surface area contributed by atoms with E-state index in [-0.39, 0.29) is 17.7 Å². The first kappa shape index (κ1) is 17.5. The van der Waals surface area contributed by atoms with Crippen molar-refractivity contribution in [1.29, 1.82) is 0 Å². The largest absolute Gasteiger partial charge is 0.366 e. The Balaban J connectivity index is 1.84. The van der Waals surface area contributed by atoms with Gasteiger partial charge in [-0.3, -0.25) is 9.59 Å². The van der Waals surface area contributed by atoms with Crippen LogP contribution in [0.25, 0.3) is 16.7 Å². The minimum atomic E-state index is -0.387. The number of primary amides is 1. The monoisotopic (exact) mass is 360 g/mol. The summed E-state index contributed by atoms with van der Waals surface area (Å²) < 4.78 is 0. The molecule has 27 heavy (non-hydrogen) atoms. The van der Waals surface area contributed by atoms with Crippen molar-refractivity contribution >= 4 is 23.1 Å². The van der Waals surface area contributed by atoms with E-state index in [0.717, 1.165) is 52.8 Å². The summed E-state index contributed by atoms with van der Waals surface area (Å²) in [6.07, 6.45) is 2.72. The third-order valence-electron chi connectivity index (χ3n) is 5.87. The number of anilines is 1. The molecule has 3 N–H and O–H groups in total. The fourth-order valence-electron chi connectivity index (χ4n) is 3.97. The molecule has 2 aliphatic rings. The van der Waals surface area contributed by atoms with Gasteiger partial charge in [0.15, 0.2) is 0 Å². The Morgan fingerprint density at radius 1 is 1.04 bits per heavy atom. The summed E-state index contributed by atoms with van der Waals surface area (Å²) in [7, 11) is 0. The number of hydrogen-bond acceptors (Lipinski definition) is 2. The van der Waals surface area contributed by atoms with E-state index in [2.05, 4.69) is 25.2 Å². The van der Waals surface area contributed by atoms with Gasteiger partial charge in [0.1, 0.15) is 0 Å². The first-order valence-electron chi connectivity index (χ1n) is 9.41. The average molecular weight is 360 g/mol. The van der Waals surface area contributed by atoms with E-state index < -0.39 is 0 Å². The van der Waals surface area contributed by atoms with E-state index in [9.17, 15) is 9.59 Å². The number of benzene rings is 2. The van der Waals surface area contributed by atoms with Crippen LogP contribution in [0.2, 0.25) is 0 Å². The topological polar surface area (TPSA) is 72.2 Å². The van der Waals surface area contributed by atoms with E-state index in [1.165, 1.54) is 11.1 Å². The Labute approximate surface area is 159 Å². The molecule has 1 fully saturated rings. The van der Waals surface area contributed by atoms with Crippen molar-refractivity contribution in [2.75, 3.05) is 5.32 Å². The minimum Gasteiger partial charge on any atom is -0.366 e. The predicted octanol–water partition coefficient (Wildman–Crippen LogP) is 4.46. The number of fused-ring (bicyclic) bond motifs is 1. The molecular weight excluding hydrogens is 336 g/mol. The zero-order valence-electron chi connectivity index (χ0n) is 16.0. The Morgan fingerprint density at radius 3 is 2.44 bits per heavy atom. The highest BCUT2D eigenvalue weighted by Crippen LogP contribution is 2.42. The first-order chi connectivity index (χ1) is 12.9. The second kappa shape index (κ2) is 6.38. The van der Waals surface area contributed by atoms with E-state index in [1.54, 1.807) is 0 Å². The van der Waals surface area contributed by atoms with E-state index in [1.807, 2.05) is 31.2 Å². The Bertz CT molecular complexity index is 1010. The van der Waals surface area contributed by atoms with Gasteiger partial charge in [0.25, 0.3) is 0 Å². The van der Waals surface area contributed by atoms with Crippen molar-refractivity contribution in [2.24, 2.45) is 11.7 Å². The molecule has 0 aliphatic heterocycles. The molecule has 2 aliphatic carbocycles. The Hall–Kier alpha value is -2.88. The van der Waals surface area contributed by atoms with E-state index in [0.29, 0.717) is 5.56 Å². The fraction of sp³-hybridized carbons (Fsp3) is 0.304. The maximum atomic E-state index is 12.2. The maximum absolute atomic E-state index is 12.2.